The molecule has 2 heterocycles. The number of aromatic nitrogens is 3. The van der Waals surface area contributed by atoms with Crippen LogP contribution in [0.3, 0.4) is 0 Å². The minimum Gasteiger partial charge on any atom is -0.486 e. The monoisotopic (exact) mass is 618 g/mol. The molecule has 1 aliphatic carbocycles. The molecule has 1 aromatic heterocycles. The van der Waals surface area contributed by atoms with Crippen molar-refractivity contribution in [1.29, 1.82) is 0 Å². The minimum atomic E-state index is -1.17. The van der Waals surface area contributed by atoms with Gasteiger partial charge in [-0.2, -0.15) is 0 Å². The molecule has 0 radical (unpaired) electrons. The fourth-order valence-corrected chi connectivity index (χ4v) is 6.52. The van der Waals surface area contributed by atoms with E-state index in [0.29, 0.717) is 16.7 Å². The summed E-state index contributed by atoms with van der Waals surface area (Å²) in [6.45, 7) is 6.89. The van der Waals surface area contributed by atoms with Crippen molar-refractivity contribution in [2.45, 2.75) is 108 Å². The van der Waals surface area contributed by atoms with Crippen LogP contribution in [0, 0.1) is 6.92 Å². The summed E-state index contributed by atoms with van der Waals surface area (Å²) in [6, 6.07) is 6.91. The topological polar surface area (TPSA) is 157 Å². The lowest BCUT2D eigenvalue weighted by atomic mass is 9.97. The number of hydrogen-bond acceptors (Lipinski definition) is 12. The second kappa shape index (κ2) is 14.7. The number of nitrogens with zero attached hydrogens (tertiary/aromatic N) is 3. The van der Waals surface area contributed by atoms with Gasteiger partial charge in [0.15, 0.2) is 23.2 Å². The van der Waals surface area contributed by atoms with E-state index >= 15 is 0 Å². The Hall–Kier alpha value is -3.65. The van der Waals surface area contributed by atoms with Gasteiger partial charge in [-0.3, -0.25) is 23.7 Å². The van der Waals surface area contributed by atoms with Crippen molar-refractivity contribution in [3.8, 4) is 5.75 Å². The molecular weight excluding hydrogens is 580 g/mol. The third kappa shape index (κ3) is 8.69. The van der Waals surface area contributed by atoms with Crippen molar-refractivity contribution >= 4 is 35.6 Å². The number of rotatable bonds is 11. The summed E-state index contributed by atoms with van der Waals surface area (Å²) in [4.78, 5) is 48.3. The Kier molecular flexibility index (Phi) is 11.0. The van der Waals surface area contributed by atoms with Crippen LogP contribution in [0.5, 0.6) is 5.75 Å². The highest BCUT2D eigenvalue weighted by atomic mass is 32.2. The zero-order valence-corrected chi connectivity index (χ0v) is 25.8. The smallest absolute Gasteiger partial charge is 0.303 e. The van der Waals surface area contributed by atoms with Crippen molar-refractivity contribution in [3.63, 3.8) is 0 Å². The Morgan fingerprint density at radius 3 is 2.21 bits per heavy atom. The summed E-state index contributed by atoms with van der Waals surface area (Å²) in [5.41, 5.74) is 0.229. The van der Waals surface area contributed by atoms with Crippen molar-refractivity contribution in [2.75, 3.05) is 6.61 Å². The third-order valence-electron chi connectivity index (χ3n) is 7.11. The number of nitrogens with one attached hydrogen (secondary N) is 1. The quantitative estimate of drug-likeness (QED) is 0.290. The number of aryl methyl sites for hydroxylation is 1. The van der Waals surface area contributed by atoms with E-state index in [0.717, 1.165) is 31.2 Å². The van der Waals surface area contributed by atoms with E-state index in [-0.39, 0.29) is 19.3 Å². The van der Waals surface area contributed by atoms with Crippen LogP contribution < -0.4 is 10.1 Å². The van der Waals surface area contributed by atoms with E-state index in [2.05, 4.69) is 15.5 Å². The molecule has 1 saturated carbocycles. The van der Waals surface area contributed by atoms with Gasteiger partial charge >= 0.3 is 17.9 Å². The van der Waals surface area contributed by atoms with Gasteiger partial charge in [-0.15, -0.1) is 10.2 Å². The Balaban J connectivity index is 1.68. The molecule has 0 spiro atoms. The van der Waals surface area contributed by atoms with E-state index in [1.807, 2.05) is 35.8 Å². The second-order valence-corrected chi connectivity index (χ2v) is 11.7. The Bertz CT molecular complexity index is 1300. The van der Waals surface area contributed by atoms with Crippen LogP contribution in [0.25, 0.3) is 0 Å². The lowest BCUT2D eigenvalue weighted by molar-refractivity contribution is -0.211. The zero-order chi connectivity index (χ0) is 31.1. The molecule has 14 heteroatoms. The van der Waals surface area contributed by atoms with E-state index in [9.17, 15) is 19.2 Å². The largest absolute Gasteiger partial charge is 0.486 e. The first kappa shape index (κ1) is 32.3. The minimum absolute atomic E-state index is 0.131. The number of amides is 1. The van der Waals surface area contributed by atoms with Crippen LogP contribution in [0.1, 0.15) is 70.8 Å². The molecule has 1 saturated heterocycles. The van der Waals surface area contributed by atoms with Crippen LogP contribution in [0.4, 0.5) is 0 Å². The van der Waals surface area contributed by atoms with Gasteiger partial charge in [0.2, 0.25) is 5.91 Å². The first-order valence-electron chi connectivity index (χ1n) is 14.2. The fourth-order valence-electron chi connectivity index (χ4n) is 5.29. The SMILES string of the molecule is CC(=O)N[C@@H]1[C@H](OC(C)=O)[C@H](OC(C)=O)[C@H](COC(C)=O)O[C@@H]1Sc1nnc(COc2ccc(C)cc2)n1C1CCCC1. The molecule has 1 aromatic carbocycles. The predicted molar refractivity (Wildman–Crippen MR) is 153 cm³/mol. The summed E-state index contributed by atoms with van der Waals surface area (Å²) in [5, 5.41) is 12.2. The highest BCUT2D eigenvalue weighted by Crippen LogP contribution is 2.39. The van der Waals surface area contributed by atoms with E-state index < -0.39 is 53.6 Å². The number of benzene rings is 1. The lowest BCUT2D eigenvalue weighted by Gasteiger charge is -2.44. The summed E-state index contributed by atoms with van der Waals surface area (Å²) < 4.78 is 30.8. The maximum absolute atomic E-state index is 12.3. The van der Waals surface area contributed by atoms with E-state index in [4.69, 9.17) is 23.7 Å². The molecule has 43 heavy (non-hydrogen) atoms. The maximum atomic E-state index is 12.3. The molecule has 2 aromatic rings. The van der Waals surface area contributed by atoms with Crippen molar-refractivity contribution in [1.82, 2.24) is 20.1 Å². The summed E-state index contributed by atoms with van der Waals surface area (Å²) in [7, 11) is 0. The van der Waals surface area contributed by atoms with Gasteiger partial charge in [0.1, 0.15) is 36.5 Å². The second-order valence-electron chi connectivity index (χ2n) is 10.6. The normalized spacial score (nSPS) is 23.8. The molecule has 2 aliphatic rings. The van der Waals surface area contributed by atoms with Crippen LogP contribution in [0.15, 0.2) is 29.4 Å². The van der Waals surface area contributed by atoms with Gasteiger partial charge in [0.05, 0.1) is 0 Å². The molecule has 1 aliphatic heterocycles. The Labute approximate surface area is 254 Å². The van der Waals surface area contributed by atoms with Gasteiger partial charge in [-0.1, -0.05) is 42.3 Å². The molecule has 234 valence electrons. The average Bonchev–Trinajstić information content (AvgIpc) is 3.59. The predicted octanol–water partition coefficient (Wildman–Crippen LogP) is 3.03. The van der Waals surface area contributed by atoms with Crippen LogP contribution in [-0.4, -0.2) is 75.0 Å². The first-order chi connectivity index (χ1) is 20.5. The van der Waals surface area contributed by atoms with Crippen molar-refractivity contribution < 1.29 is 42.9 Å². The number of esters is 3. The molecule has 0 unspecified atom stereocenters. The van der Waals surface area contributed by atoms with Gasteiger partial charge < -0.3 is 29.0 Å². The van der Waals surface area contributed by atoms with Gasteiger partial charge in [-0.25, -0.2) is 0 Å². The molecule has 1 amide bonds. The van der Waals surface area contributed by atoms with Crippen molar-refractivity contribution in [3.05, 3.63) is 35.7 Å². The fraction of sp³-hybridized carbons (Fsp3) is 0.586. The Morgan fingerprint density at radius 1 is 0.953 bits per heavy atom. The average molecular weight is 619 g/mol. The van der Waals surface area contributed by atoms with Crippen LogP contribution in [-0.2, 0) is 44.7 Å². The Morgan fingerprint density at radius 2 is 1.60 bits per heavy atom. The van der Waals surface area contributed by atoms with Gasteiger partial charge in [0, 0.05) is 33.7 Å². The highest BCUT2D eigenvalue weighted by Gasteiger charge is 2.51. The number of ether oxygens (including phenoxy) is 5. The molecule has 5 atom stereocenters. The first-order valence-corrected chi connectivity index (χ1v) is 15.1. The maximum Gasteiger partial charge on any atom is 0.303 e. The lowest BCUT2D eigenvalue weighted by Crippen LogP contribution is -2.65. The third-order valence-corrected chi connectivity index (χ3v) is 8.23. The van der Waals surface area contributed by atoms with Gasteiger partial charge in [-0.05, 0) is 31.9 Å². The zero-order valence-electron chi connectivity index (χ0n) is 24.9. The summed E-state index contributed by atoms with van der Waals surface area (Å²) in [6.07, 6.45) is 0.662. The van der Waals surface area contributed by atoms with Crippen molar-refractivity contribution in [2.24, 2.45) is 0 Å². The van der Waals surface area contributed by atoms with Crippen LogP contribution >= 0.6 is 11.8 Å². The molecule has 2 fully saturated rings. The number of carbonyl (C=O) groups is 4. The van der Waals surface area contributed by atoms with Crippen LogP contribution in [0.2, 0.25) is 0 Å². The molecule has 1 N–H and O–H groups in total. The molecule has 0 bridgehead atoms. The van der Waals surface area contributed by atoms with E-state index in [1.165, 1.54) is 39.5 Å². The van der Waals surface area contributed by atoms with Gasteiger partial charge in [0.25, 0.3) is 0 Å². The molecule has 13 nitrogen and oxygen atoms in total. The summed E-state index contributed by atoms with van der Waals surface area (Å²) in [5.74, 6) is -0.962. The standard InChI is InChI=1S/C29H38N4O9S/c1-16-10-12-22(13-11-16)39-15-24-31-32-29(33(24)21-8-6-7-9-21)43-28-25(30-17(2)34)27(41-20(5)37)26(40-19(4)36)23(42-28)14-38-18(3)35/h10-13,21,23,25-28H,6-9,14-15H2,1-5H3,(H,30,34)/t23-,25+,26+,27-,28+/m0/s1. The van der Waals surface area contributed by atoms with E-state index in [1.54, 1.807) is 0 Å². The highest BCUT2D eigenvalue weighted by molar-refractivity contribution is 7.99. The summed E-state index contributed by atoms with van der Waals surface area (Å²) >= 11 is 1.19. The molecule has 4 rings (SSSR count). The number of hydrogen-bond donors (Lipinski definition) is 1. The number of thioether (sulfide) groups is 1. The molecular formula is C29H38N4O9S. The number of carbonyl (C=O) groups excluding carboxylic acids is 4.